The van der Waals surface area contributed by atoms with E-state index in [1.54, 1.807) is 19.1 Å². The van der Waals surface area contributed by atoms with Crippen LogP contribution in [-0.2, 0) is 6.42 Å². The first kappa shape index (κ1) is 19.4. The largest absolute Gasteiger partial charge is 0.481 e. The molecule has 0 aliphatic carbocycles. The van der Waals surface area contributed by atoms with E-state index in [0.717, 1.165) is 16.5 Å². The number of hydrogen-bond acceptors (Lipinski definition) is 5. The molecular weight excluding hydrogens is 382 g/mol. The zero-order valence-electron chi connectivity index (χ0n) is 16.6. The van der Waals surface area contributed by atoms with Gasteiger partial charge in [-0.2, -0.15) is 0 Å². The van der Waals surface area contributed by atoms with Gasteiger partial charge in [-0.3, -0.25) is 9.59 Å². The Balaban J connectivity index is 1.69. The van der Waals surface area contributed by atoms with Crippen LogP contribution >= 0.6 is 0 Å². The number of pyridine rings is 1. The first-order valence-electron chi connectivity index (χ1n) is 9.47. The summed E-state index contributed by atoms with van der Waals surface area (Å²) in [6, 6.07) is 12.0. The Bertz CT molecular complexity index is 1260. The highest BCUT2D eigenvalue weighted by Crippen LogP contribution is 2.24. The molecule has 3 N–H and O–H groups in total. The first-order valence-corrected chi connectivity index (χ1v) is 9.47. The van der Waals surface area contributed by atoms with E-state index in [2.05, 4.69) is 25.3 Å². The Hall–Kier alpha value is -3.94. The fraction of sp³-hybridized carbons (Fsp3) is 0.182. The van der Waals surface area contributed by atoms with Crippen LogP contribution in [0.5, 0.6) is 5.88 Å². The maximum absolute atomic E-state index is 12.9. The summed E-state index contributed by atoms with van der Waals surface area (Å²) in [6.45, 7) is 1.71. The van der Waals surface area contributed by atoms with E-state index in [1.165, 1.54) is 19.4 Å². The summed E-state index contributed by atoms with van der Waals surface area (Å²) < 4.78 is 5.11. The second-order valence-electron chi connectivity index (χ2n) is 6.93. The third-order valence-corrected chi connectivity index (χ3v) is 4.85. The minimum absolute atomic E-state index is 0.263. The van der Waals surface area contributed by atoms with Gasteiger partial charge in [0, 0.05) is 47.4 Å². The van der Waals surface area contributed by atoms with E-state index in [1.807, 2.05) is 30.5 Å². The lowest BCUT2D eigenvalue weighted by Gasteiger charge is -2.19. The normalized spacial score (nSPS) is 11.9. The van der Waals surface area contributed by atoms with Gasteiger partial charge in [0.15, 0.2) is 0 Å². The molecule has 3 heterocycles. The van der Waals surface area contributed by atoms with Gasteiger partial charge in [0.25, 0.3) is 11.5 Å². The number of aryl methyl sites for hydroxylation is 1. The number of fused-ring (bicyclic) bond motifs is 1. The van der Waals surface area contributed by atoms with Crippen LogP contribution in [0, 0.1) is 6.92 Å². The lowest BCUT2D eigenvalue weighted by molar-refractivity contribution is 0.0935. The number of aromatic nitrogens is 4. The molecule has 8 nitrogen and oxygen atoms in total. The predicted octanol–water partition coefficient (Wildman–Crippen LogP) is 2.68. The number of para-hydroxylation sites is 1. The maximum Gasteiger partial charge on any atom is 0.252 e. The van der Waals surface area contributed by atoms with Crippen molar-refractivity contribution in [3.63, 3.8) is 0 Å². The van der Waals surface area contributed by atoms with Gasteiger partial charge < -0.3 is 20.0 Å². The van der Waals surface area contributed by atoms with Crippen molar-refractivity contribution in [2.75, 3.05) is 7.11 Å². The minimum atomic E-state index is -0.503. The summed E-state index contributed by atoms with van der Waals surface area (Å²) in [5.74, 6) is 0.530. The average Bonchev–Trinajstić information content (AvgIpc) is 3.15. The molecule has 0 saturated heterocycles. The highest BCUT2D eigenvalue weighted by molar-refractivity contribution is 5.94. The molecule has 4 aromatic rings. The van der Waals surface area contributed by atoms with Crippen LogP contribution < -0.4 is 15.6 Å². The number of carbonyl (C=O) groups excluding carboxylic acids is 1. The van der Waals surface area contributed by atoms with E-state index in [9.17, 15) is 9.59 Å². The van der Waals surface area contributed by atoms with Crippen molar-refractivity contribution in [2.24, 2.45) is 0 Å². The minimum Gasteiger partial charge on any atom is -0.481 e. The number of hydrogen-bond donors (Lipinski definition) is 3. The van der Waals surface area contributed by atoms with Crippen molar-refractivity contribution < 1.29 is 9.53 Å². The smallest absolute Gasteiger partial charge is 0.252 e. The van der Waals surface area contributed by atoms with E-state index in [4.69, 9.17) is 4.74 Å². The van der Waals surface area contributed by atoms with Crippen molar-refractivity contribution in [3.8, 4) is 5.88 Å². The van der Waals surface area contributed by atoms with Gasteiger partial charge in [-0.25, -0.2) is 9.97 Å². The van der Waals surface area contributed by atoms with E-state index >= 15 is 0 Å². The molecule has 1 amide bonds. The van der Waals surface area contributed by atoms with Crippen LogP contribution in [0.1, 0.15) is 33.5 Å². The van der Waals surface area contributed by atoms with Gasteiger partial charge in [-0.15, -0.1) is 0 Å². The Labute approximate surface area is 172 Å². The number of benzene rings is 1. The second kappa shape index (κ2) is 8.20. The van der Waals surface area contributed by atoms with Gasteiger partial charge in [0.1, 0.15) is 5.82 Å². The SMILES string of the molecule is COc1cc(C(=O)NC(Cc2c[nH]c3ccccc23)c2cc(=O)[nH]c(C)n2)ccn1. The summed E-state index contributed by atoms with van der Waals surface area (Å²) in [5, 5.41) is 4.07. The molecule has 0 fully saturated rings. The first-order chi connectivity index (χ1) is 14.5. The molecule has 1 atom stereocenters. The summed E-state index contributed by atoms with van der Waals surface area (Å²) in [7, 11) is 1.49. The maximum atomic E-state index is 12.9. The summed E-state index contributed by atoms with van der Waals surface area (Å²) in [6.07, 6.45) is 3.89. The van der Waals surface area contributed by atoms with E-state index < -0.39 is 6.04 Å². The summed E-state index contributed by atoms with van der Waals surface area (Å²) in [5.41, 5.74) is 2.67. The molecule has 8 heteroatoms. The van der Waals surface area contributed by atoms with Crippen molar-refractivity contribution in [2.45, 2.75) is 19.4 Å². The monoisotopic (exact) mass is 403 g/mol. The summed E-state index contributed by atoms with van der Waals surface area (Å²) in [4.78, 5) is 39.3. The van der Waals surface area contributed by atoms with Crippen molar-refractivity contribution in [1.29, 1.82) is 0 Å². The van der Waals surface area contributed by atoms with Crippen molar-refractivity contribution >= 4 is 16.8 Å². The molecule has 3 aromatic heterocycles. The van der Waals surface area contributed by atoms with Gasteiger partial charge >= 0.3 is 0 Å². The Morgan fingerprint density at radius 1 is 1.23 bits per heavy atom. The third kappa shape index (κ3) is 4.07. The second-order valence-corrected chi connectivity index (χ2v) is 6.93. The Kier molecular flexibility index (Phi) is 5.30. The number of aromatic amines is 2. The fourth-order valence-corrected chi connectivity index (χ4v) is 3.43. The van der Waals surface area contributed by atoms with Crippen LogP contribution in [0.15, 0.2) is 59.7 Å². The number of ether oxygens (including phenoxy) is 1. The molecule has 0 bridgehead atoms. The molecule has 1 aromatic carbocycles. The van der Waals surface area contributed by atoms with Crippen LogP contribution in [0.25, 0.3) is 10.9 Å². The van der Waals surface area contributed by atoms with Gasteiger partial charge in [0.05, 0.1) is 18.8 Å². The van der Waals surface area contributed by atoms with Gasteiger partial charge in [0.2, 0.25) is 5.88 Å². The molecule has 4 rings (SSSR count). The highest BCUT2D eigenvalue weighted by Gasteiger charge is 2.21. The molecule has 0 radical (unpaired) electrons. The van der Waals surface area contributed by atoms with Crippen molar-refractivity contribution in [1.82, 2.24) is 25.3 Å². The van der Waals surface area contributed by atoms with Gasteiger partial charge in [-0.1, -0.05) is 18.2 Å². The average molecular weight is 403 g/mol. The van der Waals surface area contributed by atoms with Crippen LogP contribution in [0.2, 0.25) is 0 Å². The molecule has 1 unspecified atom stereocenters. The zero-order valence-corrected chi connectivity index (χ0v) is 16.6. The fourth-order valence-electron chi connectivity index (χ4n) is 3.43. The number of carbonyl (C=O) groups is 1. The van der Waals surface area contributed by atoms with Crippen LogP contribution in [0.3, 0.4) is 0 Å². The van der Waals surface area contributed by atoms with Gasteiger partial charge in [-0.05, 0) is 24.6 Å². The standard InChI is InChI=1S/C22H21N5O3/c1-13-25-19(11-20(28)26-13)18(9-15-12-24-17-6-4-3-5-16(15)17)27-22(29)14-7-8-23-21(10-14)30-2/h3-8,10-12,18,24H,9H2,1-2H3,(H,27,29)(H,25,26,28). The highest BCUT2D eigenvalue weighted by atomic mass is 16.5. The quantitative estimate of drug-likeness (QED) is 0.458. The number of H-pyrrole nitrogens is 2. The third-order valence-electron chi connectivity index (χ3n) is 4.85. The topological polar surface area (TPSA) is 113 Å². The number of methoxy groups -OCH3 is 1. The zero-order chi connectivity index (χ0) is 21.1. The molecule has 30 heavy (non-hydrogen) atoms. The number of nitrogens with zero attached hydrogens (tertiary/aromatic N) is 2. The molecular formula is C22H21N5O3. The molecule has 0 aliphatic heterocycles. The number of amides is 1. The lowest BCUT2D eigenvalue weighted by atomic mass is 10.0. The molecule has 0 aliphatic rings. The van der Waals surface area contributed by atoms with E-state index in [0.29, 0.717) is 29.4 Å². The molecule has 152 valence electrons. The Morgan fingerprint density at radius 3 is 2.87 bits per heavy atom. The van der Waals surface area contributed by atoms with Crippen LogP contribution in [-0.4, -0.2) is 33.0 Å². The lowest BCUT2D eigenvalue weighted by Crippen LogP contribution is -2.31. The molecule has 0 spiro atoms. The van der Waals surface area contributed by atoms with Crippen LogP contribution in [0.4, 0.5) is 0 Å². The predicted molar refractivity (Wildman–Crippen MR) is 113 cm³/mol. The Morgan fingerprint density at radius 2 is 2.07 bits per heavy atom. The number of nitrogens with one attached hydrogen (secondary N) is 3. The van der Waals surface area contributed by atoms with Crippen molar-refractivity contribution in [3.05, 3.63) is 87.9 Å². The molecule has 0 saturated carbocycles. The number of rotatable bonds is 6. The summed E-state index contributed by atoms with van der Waals surface area (Å²) >= 11 is 0. The van der Waals surface area contributed by atoms with E-state index in [-0.39, 0.29) is 11.5 Å².